The van der Waals surface area contributed by atoms with Crippen molar-refractivity contribution in [1.82, 2.24) is 0 Å². The van der Waals surface area contributed by atoms with Gasteiger partial charge >= 0.3 is 0 Å². The summed E-state index contributed by atoms with van der Waals surface area (Å²) in [6.45, 7) is 0. The Hall–Kier alpha value is -1.49. The number of carbonyl (C=O) groups is 2. The van der Waals surface area contributed by atoms with Crippen LogP contribution in [0.4, 0.5) is 0 Å². The second-order valence-electron chi connectivity index (χ2n) is 3.92. The lowest BCUT2D eigenvalue weighted by Crippen LogP contribution is -2.25. The van der Waals surface area contributed by atoms with Crippen LogP contribution in [0.2, 0.25) is 0 Å². The molecule has 19 heavy (non-hydrogen) atoms. The van der Waals surface area contributed by atoms with Crippen molar-refractivity contribution in [2.75, 3.05) is 0 Å². The van der Waals surface area contributed by atoms with Crippen molar-refractivity contribution in [3.05, 3.63) is 55.0 Å². The number of rotatable bonds is 0. The molecule has 1 aliphatic rings. The zero-order valence-electron chi connectivity index (χ0n) is 9.20. The van der Waals surface area contributed by atoms with Gasteiger partial charge in [-0.25, -0.2) is 0 Å². The van der Waals surface area contributed by atoms with Crippen molar-refractivity contribution in [2.45, 2.75) is 0 Å². The summed E-state index contributed by atoms with van der Waals surface area (Å²) in [6, 6.07) is 6.78. The summed E-state index contributed by atoms with van der Waals surface area (Å²) in [7, 11) is 0. The van der Waals surface area contributed by atoms with Crippen LogP contribution in [0.15, 0.2) is 39.1 Å². The Morgan fingerprint density at radius 1 is 0.895 bits per heavy atom. The SMILES string of the molecule is O=C1C(Cl)=C(Cl)C(=O)c2c1sc1ccccc1c2=O. The lowest BCUT2D eigenvalue weighted by atomic mass is 10.0. The molecule has 0 fully saturated rings. The lowest BCUT2D eigenvalue weighted by molar-refractivity contribution is 0.0989. The van der Waals surface area contributed by atoms with Gasteiger partial charge in [-0.2, -0.15) is 0 Å². The van der Waals surface area contributed by atoms with Gasteiger partial charge in [0.25, 0.3) is 0 Å². The summed E-state index contributed by atoms with van der Waals surface area (Å²) in [5, 5.41) is -0.321. The van der Waals surface area contributed by atoms with Gasteiger partial charge in [0.2, 0.25) is 11.6 Å². The third kappa shape index (κ3) is 1.68. The number of ketones is 2. The monoisotopic (exact) mass is 310 g/mol. The molecule has 0 spiro atoms. The number of halogens is 2. The van der Waals surface area contributed by atoms with E-state index < -0.39 is 22.0 Å². The van der Waals surface area contributed by atoms with Crippen LogP contribution in [0.5, 0.6) is 0 Å². The predicted octanol–water partition coefficient (Wildman–Crippen LogP) is 3.33. The molecule has 0 atom stereocenters. The molecule has 1 aromatic heterocycles. The van der Waals surface area contributed by atoms with Gasteiger partial charge in [0.05, 0.1) is 10.4 Å². The van der Waals surface area contributed by atoms with Crippen molar-refractivity contribution in [2.24, 2.45) is 0 Å². The topological polar surface area (TPSA) is 51.2 Å². The summed E-state index contributed by atoms with van der Waals surface area (Å²) in [4.78, 5) is 36.4. The van der Waals surface area contributed by atoms with Crippen LogP contribution in [0, 0.1) is 0 Å². The van der Waals surface area contributed by atoms with Gasteiger partial charge in [0.15, 0.2) is 5.43 Å². The highest BCUT2D eigenvalue weighted by Crippen LogP contribution is 2.33. The Kier molecular flexibility index (Phi) is 2.82. The molecule has 0 saturated heterocycles. The average Bonchev–Trinajstić information content (AvgIpc) is 2.43. The molecule has 0 amide bonds. The molecule has 2 aromatic rings. The maximum atomic E-state index is 12.3. The van der Waals surface area contributed by atoms with E-state index in [4.69, 9.17) is 23.2 Å². The van der Waals surface area contributed by atoms with Crippen LogP contribution < -0.4 is 5.43 Å². The zero-order valence-corrected chi connectivity index (χ0v) is 11.5. The molecule has 6 heteroatoms. The van der Waals surface area contributed by atoms with Gasteiger partial charge in [-0.15, -0.1) is 11.3 Å². The summed E-state index contributed by atoms with van der Waals surface area (Å²) >= 11 is 12.5. The summed E-state index contributed by atoms with van der Waals surface area (Å²) in [5.74, 6) is -1.26. The highest BCUT2D eigenvalue weighted by atomic mass is 35.5. The van der Waals surface area contributed by atoms with E-state index in [-0.39, 0.29) is 15.5 Å². The normalized spacial score (nSPS) is 15.1. The minimum Gasteiger partial charge on any atom is -0.288 e. The minimum atomic E-state index is -0.687. The third-order valence-corrected chi connectivity index (χ3v) is 4.81. The van der Waals surface area contributed by atoms with Crippen molar-refractivity contribution in [3.8, 4) is 0 Å². The second kappa shape index (κ2) is 4.27. The van der Waals surface area contributed by atoms with Crippen LogP contribution in [0.3, 0.4) is 0 Å². The van der Waals surface area contributed by atoms with E-state index >= 15 is 0 Å². The number of hydrogen-bond acceptors (Lipinski definition) is 4. The Labute approximate surface area is 121 Å². The highest BCUT2D eigenvalue weighted by Gasteiger charge is 2.34. The van der Waals surface area contributed by atoms with E-state index in [9.17, 15) is 14.4 Å². The Bertz CT molecular complexity index is 849. The van der Waals surface area contributed by atoms with Crippen LogP contribution in [0.1, 0.15) is 20.0 Å². The number of hydrogen-bond donors (Lipinski definition) is 0. The molecule has 1 aliphatic carbocycles. The highest BCUT2D eigenvalue weighted by molar-refractivity contribution is 7.20. The predicted molar refractivity (Wildman–Crippen MR) is 75.5 cm³/mol. The minimum absolute atomic E-state index is 0.0584. The van der Waals surface area contributed by atoms with Crippen LogP contribution in [-0.4, -0.2) is 11.6 Å². The Morgan fingerprint density at radius 2 is 1.53 bits per heavy atom. The largest absolute Gasteiger partial charge is 0.288 e. The van der Waals surface area contributed by atoms with Crippen LogP contribution >= 0.6 is 34.5 Å². The van der Waals surface area contributed by atoms with E-state index in [1.807, 2.05) is 0 Å². The van der Waals surface area contributed by atoms with Crippen molar-refractivity contribution >= 4 is 56.2 Å². The fraction of sp³-hybridized carbons (Fsp3) is 0. The number of Topliss-reactive ketones (excluding diaryl/α,β-unsaturated/α-hetero) is 2. The second-order valence-corrected chi connectivity index (χ2v) is 5.73. The van der Waals surface area contributed by atoms with Gasteiger partial charge in [-0.05, 0) is 12.1 Å². The van der Waals surface area contributed by atoms with Gasteiger partial charge in [-0.1, -0.05) is 35.3 Å². The van der Waals surface area contributed by atoms with Gasteiger partial charge < -0.3 is 0 Å². The van der Waals surface area contributed by atoms with Crippen molar-refractivity contribution in [3.63, 3.8) is 0 Å². The van der Waals surface area contributed by atoms with E-state index in [1.54, 1.807) is 24.3 Å². The molecular formula is C13H4Cl2O3S. The average molecular weight is 311 g/mol. The van der Waals surface area contributed by atoms with Crippen LogP contribution in [0.25, 0.3) is 10.1 Å². The molecule has 0 saturated carbocycles. The molecule has 94 valence electrons. The zero-order chi connectivity index (χ0) is 13.7. The molecule has 1 heterocycles. The van der Waals surface area contributed by atoms with E-state index in [2.05, 4.69) is 0 Å². The lowest BCUT2D eigenvalue weighted by Gasteiger charge is -2.13. The van der Waals surface area contributed by atoms with Crippen molar-refractivity contribution < 1.29 is 9.59 Å². The molecule has 0 unspecified atom stereocenters. The fourth-order valence-corrected chi connectivity index (χ4v) is 3.45. The summed E-state index contributed by atoms with van der Waals surface area (Å²) in [6.07, 6.45) is 0. The number of allylic oxidation sites excluding steroid dienone is 2. The molecule has 0 aliphatic heterocycles. The maximum absolute atomic E-state index is 12.3. The molecular weight excluding hydrogens is 307 g/mol. The van der Waals surface area contributed by atoms with Crippen LogP contribution in [-0.2, 0) is 0 Å². The van der Waals surface area contributed by atoms with E-state index in [1.165, 1.54) is 0 Å². The molecule has 1 aromatic carbocycles. The summed E-state index contributed by atoms with van der Waals surface area (Å²) in [5.41, 5.74) is -0.659. The first-order valence-corrected chi connectivity index (χ1v) is 6.80. The molecule has 0 radical (unpaired) electrons. The molecule has 0 N–H and O–H groups in total. The molecule has 0 bridgehead atoms. The van der Waals surface area contributed by atoms with Crippen molar-refractivity contribution in [1.29, 1.82) is 0 Å². The Balaban J connectivity index is 2.50. The standard InChI is InChI=1S/C13H4Cl2O3S/c14-8-9(15)12(18)13-7(11(8)17)10(16)5-3-1-2-4-6(5)19-13/h1-4H. The number of benzene rings is 1. The first kappa shape index (κ1) is 12.5. The fourth-order valence-electron chi connectivity index (χ4n) is 1.92. The van der Waals surface area contributed by atoms with Gasteiger partial charge in [-0.3, -0.25) is 14.4 Å². The van der Waals surface area contributed by atoms with Gasteiger partial charge in [0, 0.05) is 10.1 Å². The third-order valence-electron chi connectivity index (χ3n) is 2.82. The Morgan fingerprint density at radius 3 is 2.26 bits per heavy atom. The number of carbonyl (C=O) groups excluding carboxylic acids is 2. The maximum Gasteiger partial charge on any atom is 0.216 e. The van der Waals surface area contributed by atoms with E-state index in [0.29, 0.717) is 10.1 Å². The number of fused-ring (bicyclic) bond motifs is 2. The molecule has 3 rings (SSSR count). The quantitative estimate of drug-likeness (QED) is 0.750. The first-order valence-electron chi connectivity index (χ1n) is 5.23. The first-order chi connectivity index (χ1) is 9.02. The van der Waals surface area contributed by atoms with Gasteiger partial charge in [0.1, 0.15) is 10.1 Å². The van der Waals surface area contributed by atoms with E-state index in [0.717, 1.165) is 11.3 Å². The molecule has 3 nitrogen and oxygen atoms in total. The summed E-state index contributed by atoms with van der Waals surface area (Å²) < 4.78 is 0.634. The smallest absolute Gasteiger partial charge is 0.216 e.